The molecule has 2 unspecified atom stereocenters. The van der Waals surface area contributed by atoms with Crippen molar-refractivity contribution in [1.29, 1.82) is 0 Å². The summed E-state index contributed by atoms with van der Waals surface area (Å²) in [7, 11) is 2.55. The molecular formula is C11H16O5. The zero-order valence-electron chi connectivity index (χ0n) is 9.52. The lowest BCUT2D eigenvalue weighted by Gasteiger charge is -2.15. The number of hydrogen-bond donors (Lipinski definition) is 0. The Morgan fingerprint density at radius 2 is 1.81 bits per heavy atom. The summed E-state index contributed by atoms with van der Waals surface area (Å²) in [6.07, 6.45) is 1.74. The van der Waals surface area contributed by atoms with E-state index in [9.17, 15) is 14.4 Å². The Labute approximate surface area is 94.1 Å². The van der Waals surface area contributed by atoms with E-state index in [1.807, 2.05) is 0 Å². The summed E-state index contributed by atoms with van der Waals surface area (Å²) in [6, 6.07) is 0. The fraction of sp³-hybridized carbons (Fsp3) is 0.727. The molecular weight excluding hydrogens is 212 g/mol. The van der Waals surface area contributed by atoms with Gasteiger partial charge in [-0.05, 0) is 19.3 Å². The Balaban J connectivity index is 2.77. The molecule has 0 spiro atoms. The van der Waals surface area contributed by atoms with Gasteiger partial charge in [0.15, 0.2) is 0 Å². The number of carbonyl (C=O) groups excluding carboxylic acids is 3. The first-order valence-corrected chi connectivity index (χ1v) is 5.28. The second kappa shape index (κ2) is 5.63. The van der Waals surface area contributed by atoms with Gasteiger partial charge in [0, 0.05) is 6.42 Å². The number of ether oxygens (including phenoxy) is 2. The lowest BCUT2D eigenvalue weighted by Crippen LogP contribution is -2.28. The van der Waals surface area contributed by atoms with Crippen LogP contribution in [0.5, 0.6) is 0 Å². The predicted molar refractivity (Wildman–Crippen MR) is 54.5 cm³/mol. The second-order valence-corrected chi connectivity index (χ2v) is 3.89. The highest BCUT2D eigenvalue weighted by atomic mass is 16.5. The van der Waals surface area contributed by atoms with Crippen molar-refractivity contribution >= 4 is 17.7 Å². The van der Waals surface area contributed by atoms with Crippen LogP contribution in [0.15, 0.2) is 0 Å². The van der Waals surface area contributed by atoms with Gasteiger partial charge in [-0.25, -0.2) is 0 Å². The smallest absolute Gasteiger partial charge is 0.316 e. The number of methoxy groups -OCH3 is 2. The number of ketones is 1. The molecule has 0 radical (unpaired) electrons. The van der Waals surface area contributed by atoms with Gasteiger partial charge in [-0.3, -0.25) is 14.4 Å². The van der Waals surface area contributed by atoms with Crippen LogP contribution in [0.3, 0.4) is 0 Å². The number of Topliss-reactive ketones (excluding diaryl/α,β-unsaturated/α-hetero) is 1. The number of esters is 2. The maximum atomic E-state index is 11.6. The maximum Gasteiger partial charge on any atom is 0.316 e. The summed E-state index contributed by atoms with van der Waals surface area (Å²) in [5, 5.41) is 0. The summed E-state index contributed by atoms with van der Waals surface area (Å²) in [6.45, 7) is 0. The zero-order chi connectivity index (χ0) is 12.1. The second-order valence-electron chi connectivity index (χ2n) is 3.89. The summed E-state index contributed by atoms with van der Waals surface area (Å²) < 4.78 is 9.21. The Bertz CT molecular complexity index is 297. The lowest BCUT2D eigenvalue weighted by atomic mass is 9.92. The molecule has 0 aromatic rings. The molecule has 0 aromatic heterocycles. The minimum atomic E-state index is -0.809. The van der Waals surface area contributed by atoms with Gasteiger partial charge >= 0.3 is 11.9 Å². The molecule has 1 fully saturated rings. The minimum absolute atomic E-state index is 0.141. The molecule has 1 aliphatic carbocycles. The van der Waals surface area contributed by atoms with Crippen LogP contribution in [0.4, 0.5) is 0 Å². The van der Waals surface area contributed by atoms with Crippen LogP contribution < -0.4 is 0 Å². The fourth-order valence-corrected chi connectivity index (χ4v) is 1.98. The van der Waals surface area contributed by atoms with Gasteiger partial charge in [-0.1, -0.05) is 0 Å². The van der Waals surface area contributed by atoms with Crippen LogP contribution in [-0.2, 0) is 23.9 Å². The summed E-state index contributed by atoms with van der Waals surface area (Å²) in [5.41, 5.74) is 0. The molecule has 0 aromatic carbocycles. The van der Waals surface area contributed by atoms with Gasteiger partial charge < -0.3 is 9.47 Å². The van der Waals surface area contributed by atoms with Crippen molar-refractivity contribution in [2.24, 2.45) is 11.8 Å². The average Bonchev–Trinajstić information content (AvgIpc) is 2.49. The van der Waals surface area contributed by atoms with Gasteiger partial charge in [0.05, 0.1) is 20.1 Å². The van der Waals surface area contributed by atoms with Crippen molar-refractivity contribution in [3.8, 4) is 0 Å². The van der Waals surface area contributed by atoms with Gasteiger partial charge in [0.1, 0.15) is 11.7 Å². The van der Waals surface area contributed by atoms with Gasteiger partial charge in [-0.15, -0.1) is 0 Å². The molecule has 0 N–H and O–H groups in total. The van der Waals surface area contributed by atoms with Crippen molar-refractivity contribution in [2.75, 3.05) is 14.2 Å². The highest BCUT2D eigenvalue weighted by Crippen LogP contribution is 2.27. The van der Waals surface area contributed by atoms with Crippen molar-refractivity contribution in [2.45, 2.75) is 25.7 Å². The fourth-order valence-electron chi connectivity index (χ4n) is 1.98. The van der Waals surface area contributed by atoms with E-state index < -0.39 is 11.9 Å². The Kier molecular flexibility index (Phi) is 4.46. The van der Waals surface area contributed by atoms with Crippen molar-refractivity contribution in [1.82, 2.24) is 0 Å². The third-order valence-electron chi connectivity index (χ3n) is 2.90. The van der Waals surface area contributed by atoms with Gasteiger partial charge in [0.2, 0.25) is 0 Å². The Hall–Kier alpha value is -1.39. The van der Waals surface area contributed by atoms with Crippen molar-refractivity contribution < 1.29 is 23.9 Å². The molecule has 5 heteroatoms. The highest BCUT2D eigenvalue weighted by Gasteiger charge is 2.35. The molecule has 16 heavy (non-hydrogen) atoms. The topological polar surface area (TPSA) is 69.7 Å². The minimum Gasteiger partial charge on any atom is -0.469 e. The molecule has 0 bridgehead atoms. The average molecular weight is 228 g/mol. The molecule has 0 saturated heterocycles. The van der Waals surface area contributed by atoms with Gasteiger partial charge in [0.25, 0.3) is 0 Å². The SMILES string of the molecule is COC(=O)C1CCCC(=O)C(C(=O)OC)C1. The zero-order valence-corrected chi connectivity index (χ0v) is 9.52. The summed E-state index contributed by atoms with van der Waals surface area (Å²) >= 11 is 0. The van der Waals surface area contributed by atoms with E-state index in [1.54, 1.807) is 0 Å². The first-order valence-electron chi connectivity index (χ1n) is 5.28. The van der Waals surface area contributed by atoms with Crippen molar-refractivity contribution in [3.05, 3.63) is 0 Å². The normalized spacial score (nSPS) is 25.8. The third kappa shape index (κ3) is 2.81. The maximum absolute atomic E-state index is 11.6. The molecule has 0 amide bonds. The number of rotatable bonds is 2. The van der Waals surface area contributed by atoms with Gasteiger partial charge in [-0.2, -0.15) is 0 Å². The molecule has 2 atom stereocenters. The number of hydrogen-bond acceptors (Lipinski definition) is 5. The monoisotopic (exact) mass is 228 g/mol. The Morgan fingerprint density at radius 1 is 1.19 bits per heavy atom. The lowest BCUT2D eigenvalue weighted by molar-refractivity contribution is -0.151. The van der Waals surface area contributed by atoms with Crippen LogP contribution in [0, 0.1) is 11.8 Å². The molecule has 0 heterocycles. The molecule has 1 saturated carbocycles. The van der Waals surface area contributed by atoms with Crippen LogP contribution in [0.1, 0.15) is 25.7 Å². The van der Waals surface area contributed by atoms with Crippen LogP contribution >= 0.6 is 0 Å². The van der Waals surface area contributed by atoms with E-state index in [-0.39, 0.29) is 24.1 Å². The molecule has 0 aliphatic heterocycles. The standard InChI is InChI=1S/C11H16O5/c1-15-10(13)7-4-3-5-9(12)8(6-7)11(14)16-2/h7-8H,3-6H2,1-2H3. The van der Waals surface area contributed by atoms with Crippen LogP contribution in [0.25, 0.3) is 0 Å². The first-order chi connectivity index (χ1) is 7.60. The molecule has 90 valence electrons. The molecule has 1 rings (SSSR count). The van der Waals surface area contributed by atoms with E-state index in [0.717, 1.165) is 0 Å². The van der Waals surface area contributed by atoms with E-state index in [4.69, 9.17) is 0 Å². The van der Waals surface area contributed by atoms with Crippen LogP contribution in [0.2, 0.25) is 0 Å². The highest BCUT2D eigenvalue weighted by molar-refractivity contribution is 5.99. The molecule has 1 aliphatic rings. The first kappa shape index (κ1) is 12.7. The third-order valence-corrected chi connectivity index (χ3v) is 2.90. The summed E-state index contributed by atoms with van der Waals surface area (Å²) in [4.78, 5) is 34.4. The largest absolute Gasteiger partial charge is 0.469 e. The van der Waals surface area contributed by atoms with E-state index >= 15 is 0 Å². The van der Waals surface area contributed by atoms with E-state index in [1.165, 1.54) is 14.2 Å². The molecule has 5 nitrogen and oxygen atoms in total. The Morgan fingerprint density at radius 3 is 2.38 bits per heavy atom. The summed E-state index contributed by atoms with van der Waals surface area (Å²) in [5.74, 6) is -2.24. The quantitative estimate of drug-likeness (QED) is 0.395. The van der Waals surface area contributed by atoms with E-state index in [0.29, 0.717) is 19.3 Å². The van der Waals surface area contributed by atoms with E-state index in [2.05, 4.69) is 9.47 Å². The number of carbonyl (C=O) groups is 3. The predicted octanol–water partition coefficient (Wildman–Crippen LogP) is 0.708. The van der Waals surface area contributed by atoms with Crippen LogP contribution in [-0.4, -0.2) is 31.9 Å². The van der Waals surface area contributed by atoms with Crippen molar-refractivity contribution in [3.63, 3.8) is 0 Å².